The van der Waals surface area contributed by atoms with Crippen molar-refractivity contribution in [3.8, 4) is 6.07 Å². The Hall–Kier alpha value is -3.84. The molecule has 5 rings (SSSR count). The van der Waals surface area contributed by atoms with E-state index in [-0.39, 0.29) is 17.9 Å². The first-order valence-corrected chi connectivity index (χ1v) is 15.9. The molecular weight excluding hydrogens is 554 g/mol. The Morgan fingerprint density at radius 3 is 2.68 bits per heavy atom. The number of aromatic nitrogens is 2. The van der Waals surface area contributed by atoms with Crippen LogP contribution in [0, 0.1) is 29.1 Å². The van der Waals surface area contributed by atoms with Gasteiger partial charge in [0.15, 0.2) is 5.82 Å². The van der Waals surface area contributed by atoms with Crippen LogP contribution in [0.3, 0.4) is 0 Å². The second-order valence-corrected chi connectivity index (χ2v) is 13.3. The van der Waals surface area contributed by atoms with Gasteiger partial charge in [-0.15, -0.1) is 0 Å². The topological polar surface area (TPSA) is 121 Å². The fourth-order valence-electron chi connectivity index (χ4n) is 8.13. The molecule has 1 aliphatic heterocycles. The average Bonchev–Trinajstić information content (AvgIpc) is 3.66. The third-order valence-electron chi connectivity index (χ3n) is 10.4. The van der Waals surface area contributed by atoms with Gasteiger partial charge in [-0.05, 0) is 98.9 Å². The Kier molecular flexibility index (Phi) is 9.35. The number of aryl methyl sites for hydroxylation is 1. The lowest BCUT2D eigenvalue weighted by Gasteiger charge is -2.47. The Morgan fingerprint density at radius 2 is 2.00 bits per heavy atom. The Morgan fingerprint density at radius 1 is 1.20 bits per heavy atom. The molecule has 2 aliphatic carbocycles. The maximum Gasteiger partial charge on any atom is 0.438 e. The molecule has 1 saturated heterocycles. The van der Waals surface area contributed by atoms with Crippen molar-refractivity contribution >= 4 is 5.91 Å². The van der Waals surface area contributed by atoms with Crippen LogP contribution in [-0.4, -0.2) is 84.6 Å². The number of nitrogens with one attached hydrogen (secondary N) is 2. The Bertz CT molecular complexity index is 1480. The summed E-state index contributed by atoms with van der Waals surface area (Å²) in [5.74, 6) is 0.924. The van der Waals surface area contributed by atoms with Gasteiger partial charge in [-0.3, -0.25) is 14.3 Å². The van der Waals surface area contributed by atoms with E-state index in [0.717, 1.165) is 74.0 Å². The van der Waals surface area contributed by atoms with Crippen molar-refractivity contribution in [1.82, 2.24) is 30.2 Å². The van der Waals surface area contributed by atoms with Crippen molar-refractivity contribution in [3.05, 3.63) is 75.8 Å². The van der Waals surface area contributed by atoms with Gasteiger partial charge in [0.05, 0.1) is 11.5 Å². The fraction of sp³-hybridized carbons (Fsp3) is 0.588. The van der Waals surface area contributed by atoms with E-state index in [2.05, 4.69) is 64.6 Å². The highest BCUT2D eigenvalue weighted by Gasteiger charge is 2.52. The third-order valence-corrected chi connectivity index (χ3v) is 10.4. The van der Waals surface area contributed by atoms with Gasteiger partial charge < -0.3 is 20.0 Å². The minimum atomic E-state index is -0.621. The first kappa shape index (κ1) is 31.6. The van der Waals surface area contributed by atoms with Gasteiger partial charge in [0, 0.05) is 58.2 Å². The zero-order valence-electron chi connectivity index (χ0n) is 26.7. The molecule has 236 valence electrons. The summed E-state index contributed by atoms with van der Waals surface area (Å²) in [6.07, 6.45) is 7.34. The normalized spacial score (nSPS) is 26.2. The second kappa shape index (κ2) is 13.0. The van der Waals surface area contributed by atoms with Crippen LogP contribution in [0.5, 0.6) is 0 Å². The van der Waals surface area contributed by atoms with E-state index in [0.29, 0.717) is 42.7 Å². The molecule has 0 bridgehead atoms. The van der Waals surface area contributed by atoms with Gasteiger partial charge in [-0.2, -0.15) is 5.26 Å². The molecule has 2 fully saturated rings. The predicted molar refractivity (Wildman–Crippen MR) is 170 cm³/mol. The monoisotopic (exact) mass is 601 g/mol. The highest BCUT2D eigenvalue weighted by Crippen LogP contribution is 2.55. The molecule has 1 saturated carbocycles. The van der Waals surface area contributed by atoms with Gasteiger partial charge >= 0.3 is 5.76 Å². The number of nitrogens with zero attached hydrogens (tertiary/aromatic N) is 5. The number of allylic oxidation sites excluding steroid dienone is 1. The van der Waals surface area contributed by atoms with Crippen molar-refractivity contribution in [2.24, 2.45) is 17.8 Å². The van der Waals surface area contributed by atoms with Crippen LogP contribution in [0.15, 0.2) is 52.1 Å². The third kappa shape index (κ3) is 5.94. The zero-order chi connectivity index (χ0) is 31.6. The SMILES string of the molecule is C=C(C1CCC2[C@@H](CCc3cc(C(=O)N(C)C)ccc3C2(CCNCC(=C)N2CCCC2C#N)c2noc(=O)[nH]2)C1)N(C)C. The lowest BCUT2D eigenvalue weighted by atomic mass is 9.57. The molecular formula is C34H47N7O3. The van der Waals surface area contributed by atoms with Gasteiger partial charge in [-0.1, -0.05) is 24.4 Å². The number of hydrogen-bond acceptors (Lipinski definition) is 8. The molecule has 2 heterocycles. The maximum absolute atomic E-state index is 13.0. The number of nitriles is 1. The van der Waals surface area contributed by atoms with Crippen LogP contribution in [0.25, 0.3) is 0 Å². The van der Waals surface area contributed by atoms with E-state index in [9.17, 15) is 14.9 Å². The molecule has 3 aliphatic rings. The second-order valence-electron chi connectivity index (χ2n) is 13.3. The summed E-state index contributed by atoms with van der Waals surface area (Å²) in [4.78, 5) is 34.3. The van der Waals surface area contributed by atoms with E-state index < -0.39 is 11.2 Å². The van der Waals surface area contributed by atoms with Crippen molar-refractivity contribution in [1.29, 1.82) is 5.26 Å². The molecule has 44 heavy (non-hydrogen) atoms. The zero-order valence-corrected chi connectivity index (χ0v) is 26.7. The molecule has 0 spiro atoms. The molecule has 1 aromatic carbocycles. The number of fused-ring (bicyclic) bond motifs is 2. The summed E-state index contributed by atoms with van der Waals surface area (Å²) in [7, 11) is 7.66. The van der Waals surface area contributed by atoms with Crippen LogP contribution in [0.1, 0.15) is 72.3 Å². The summed E-state index contributed by atoms with van der Waals surface area (Å²) in [6, 6.07) is 8.34. The summed E-state index contributed by atoms with van der Waals surface area (Å²) >= 11 is 0. The van der Waals surface area contributed by atoms with Crippen LogP contribution in [-0.2, 0) is 11.8 Å². The minimum absolute atomic E-state index is 0.0324. The number of hydrogen-bond donors (Lipinski definition) is 2. The number of amides is 1. The van der Waals surface area contributed by atoms with Crippen LogP contribution in [0.4, 0.5) is 0 Å². The summed E-state index contributed by atoms with van der Waals surface area (Å²) in [5, 5.41) is 17.5. The van der Waals surface area contributed by atoms with Gasteiger partial charge in [0.1, 0.15) is 6.04 Å². The molecule has 2 aromatic rings. The summed E-state index contributed by atoms with van der Waals surface area (Å²) in [6.45, 7) is 10.8. The van der Waals surface area contributed by atoms with Crippen molar-refractivity contribution in [3.63, 3.8) is 0 Å². The smallest absolute Gasteiger partial charge is 0.381 e. The number of aromatic amines is 1. The molecule has 1 aromatic heterocycles. The largest absolute Gasteiger partial charge is 0.438 e. The van der Waals surface area contributed by atoms with Gasteiger partial charge in [-0.25, -0.2) is 4.79 Å². The number of H-pyrrole nitrogens is 1. The summed E-state index contributed by atoms with van der Waals surface area (Å²) in [5.41, 5.74) is 4.35. The van der Waals surface area contributed by atoms with E-state index in [1.807, 2.05) is 12.1 Å². The average molecular weight is 602 g/mol. The quantitative estimate of drug-likeness (QED) is 0.394. The van der Waals surface area contributed by atoms with Crippen molar-refractivity contribution in [2.75, 3.05) is 47.8 Å². The number of carbonyl (C=O) groups excluding carboxylic acids is 1. The molecule has 10 nitrogen and oxygen atoms in total. The lowest BCUT2D eigenvalue weighted by molar-refractivity contribution is 0.0827. The Labute approximate surface area is 260 Å². The maximum atomic E-state index is 13.0. The number of rotatable bonds is 10. The van der Waals surface area contributed by atoms with Crippen LogP contribution in [0.2, 0.25) is 0 Å². The Balaban J connectivity index is 1.52. The lowest BCUT2D eigenvalue weighted by Crippen LogP contribution is -2.46. The van der Waals surface area contributed by atoms with Crippen molar-refractivity contribution in [2.45, 2.75) is 62.8 Å². The van der Waals surface area contributed by atoms with E-state index >= 15 is 0 Å². The van der Waals surface area contributed by atoms with Gasteiger partial charge in [0.25, 0.3) is 5.91 Å². The standard InChI is InChI=1S/C34H47N7O3/c1-22(41-17-7-8-28(41)20-35)21-36-16-15-34(32-37-33(43)44-38-32)29-13-11-24(23(2)39(3)4)18-25(29)9-10-26-19-27(12-14-30(26)34)31(42)40(5)6/h12,14,19,24-25,28-29,36H,1-2,7-11,13,15-18,21H2,3-6H3,(H,37,38,43)/t24?,25-,28?,29?,34?/m0/s1. The molecule has 4 unspecified atom stereocenters. The fourth-order valence-corrected chi connectivity index (χ4v) is 8.13. The van der Waals surface area contributed by atoms with E-state index in [1.54, 1.807) is 19.0 Å². The van der Waals surface area contributed by atoms with E-state index in [4.69, 9.17) is 4.52 Å². The summed E-state index contributed by atoms with van der Waals surface area (Å²) < 4.78 is 5.18. The number of likely N-dealkylation sites (tertiary alicyclic amines) is 1. The molecule has 0 radical (unpaired) electrons. The predicted octanol–water partition coefficient (Wildman–Crippen LogP) is 3.89. The highest BCUT2D eigenvalue weighted by atomic mass is 16.5. The van der Waals surface area contributed by atoms with Crippen LogP contribution < -0.4 is 11.1 Å². The van der Waals surface area contributed by atoms with Crippen molar-refractivity contribution < 1.29 is 9.32 Å². The first-order chi connectivity index (χ1) is 21.1. The minimum Gasteiger partial charge on any atom is -0.381 e. The molecule has 1 amide bonds. The molecule has 2 N–H and O–H groups in total. The van der Waals surface area contributed by atoms with Gasteiger partial charge in [0.2, 0.25) is 0 Å². The van der Waals surface area contributed by atoms with Crippen LogP contribution >= 0.6 is 0 Å². The first-order valence-electron chi connectivity index (χ1n) is 15.9. The number of carbonyl (C=O) groups is 1. The van der Waals surface area contributed by atoms with E-state index in [1.165, 1.54) is 0 Å². The molecule has 10 heteroatoms. The number of benzene rings is 1. The highest BCUT2D eigenvalue weighted by molar-refractivity contribution is 5.94. The molecule has 5 atom stereocenters.